The van der Waals surface area contributed by atoms with Gasteiger partial charge in [0.25, 0.3) is 0 Å². The summed E-state index contributed by atoms with van der Waals surface area (Å²) in [5.74, 6) is -1.52. The number of rotatable bonds is 4. The van der Waals surface area contributed by atoms with Crippen LogP contribution in [0.4, 0.5) is 4.79 Å². The molecule has 4 amide bonds. The molecule has 0 spiro atoms. The van der Waals surface area contributed by atoms with Crippen LogP contribution in [0.25, 0.3) is 0 Å². The summed E-state index contributed by atoms with van der Waals surface area (Å²) in [5, 5.41) is 0. The van der Waals surface area contributed by atoms with Crippen molar-refractivity contribution in [2.45, 2.75) is 6.54 Å². The first-order valence-corrected chi connectivity index (χ1v) is 7.18. The van der Waals surface area contributed by atoms with E-state index in [2.05, 4.69) is 0 Å². The summed E-state index contributed by atoms with van der Waals surface area (Å²) in [6.07, 6.45) is 0. The number of morpholine rings is 1. The Labute approximate surface area is 128 Å². The second kappa shape index (κ2) is 6.25. The van der Waals surface area contributed by atoms with E-state index in [0.717, 1.165) is 15.4 Å². The van der Waals surface area contributed by atoms with Crippen molar-refractivity contribution in [3.8, 4) is 0 Å². The van der Waals surface area contributed by atoms with Crippen LogP contribution in [0.5, 0.6) is 0 Å². The van der Waals surface area contributed by atoms with Crippen LogP contribution in [0.3, 0.4) is 0 Å². The van der Waals surface area contributed by atoms with Crippen LogP contribution in [-0.4, -0.2) is 65.5 Å². The molecule has 1 aromatic rings. The Morgan fingerprint density at radius 1 is 0.909 bits per heavy atom. The number of carbonyl (C=O) groups is 3. The zero-order valence-corrected chi connectivity index (χ0v) is 12.1. The number of benzene rings is 1. The zero-order chi connectivity index (χ0) is 15.5. The maximum atomic E-state index is 12.4. The van der Waals surface area contributed by atoms with E-state index in [0.29, 0.717) is 26.3 Å². The molecule has 2 aliphatic rings. The maximum Gasteiger partial charge on any atom is 0.335 e. The average Bonchev–Trinajstić information content (AvgIpc) is 2.75. The van der Waals surface area contributed by atoms with Crippen molar-refractivity contribution in [1.29, 1.82) is 0 Å². The van der Waals surface area contributed by atoms with Crippen molar-refractivity contribution in [2.24, 2.45) is 0 Å². The van der Waals surface area contributed by atoms with Gasteiger partial charge in [-0.25, -0.2) is 9.69 Å². The predicted octanol–water partition coefficient (Wildman–Crippen LogP) is 0.267. The third-order valence-electron chi connectivity index (χ3n) is 3.76. The minimum absolute atomic E-state index is 0.115. The second-order valence-electron chi connectivity index (χ2n) is 5.26. The molecule has 0 aromatic heterocycles. The molecule has 7 nitrogen and oxygen atoms in total. The minimum atomic E-state index is -0.762. The number of urea groups is 1. The van der Waals surface area contributed by atoms with Gasteiger partial charge in [0.05, 0.1) is 26.4 Å². The number of imide groups is 2. The lowest BCUT2D eigenvalue weighted by Gasteiger charge is -2.29. The molecule has 0 radical (unpaired) electrons. The fourth-order valence-corrected chi connectivity index (χ4v) is 2.52. The van der Waals surface area contributed by atoms with Gasteiger partial charge < -0.3 is 4.74 Å². The molecule has 0 unspecified atom stereocenters. The first-order chi connectivity index (χ1) is 10.7. The van der Waals surface area contributed by atoms with E-state index < -0.39 is 17.8 Å². The predicted molar refractivity (Wildman–Crippen MR) is 76.5 cm³/mol. The van der Waals surface area contributed by atoms with Crippen molar-refractivity contribution >= 4 is 17.8 Å². The molecule has 0 bridgehead atoms. The summed E-state index contributed by atoms with van der Waals surface area (Å²) in [6, 6.07) is 8.59. The Bertz CT molecular complexity index is 584. The summed E-state index contributed by atoms with van der Waals surface area (Å²) in [7, 11) is 0. The molecule has 2 aliphatic heterocycles. The van der Waals surface area contributed by atoms with Crippen LogP contribution in [0.15, 0.2) is 30.3 Å². The molecule has 1 aromatic carbocycles. The normalized spacial score (nSPS) is 20.1. The number of nitrogens with zero attached hydrogens (tertiary/aromatic N) is 3. The Morgan fingerprint density at radius 2 is 1.55 bits per heavy atom. The Hall–Kier alpha value is -2.25. The molecule has 0 atom stereocenters. The quantitative estimate of drug-likeness (QED) is 0.590. The maximum absolute atomic E-state index is 12.4. The number of ether oxygens (including phenoxy) is 1. The Balaban J connectivity index is 1.70. The van der Waals surface area contributed by atoms with Gasteiger partial charge in [-0.3, -0.25) is 19.4 Å². The second-order valence-corrected chi connectivity index (χ2v) is 5.26. The number of hydrogen-bond acceptors (Lipinski definition) is 5. The van der Waals surface area contributed by atoms with E-state index in [9.17, 15) is 14.4 Å². The van der Waals surface area contributed by atoms with Crippen molar-refractivity contribution in [3.63, 3.8) is 0 Å². The van der Waals surface area contributed by atoms with Crippen LogP contribution in [0.2, 0.25) is 0 Å². The van der Waals surface area contributed by atoms with E-state index in [4.69, 9.17) is 4.74 Å². The molecule has 0 saturated carbocycles. The fourth-order valence-electron chi connectivity index (χ4n) is 2.52. The van der Waals surface area contributed by atoms with E-state index in [1.54, 1.807) is 0 Å². The van der Waals surface area contributed by atoms with Gasteiger partial charge in [0.15, 0.2) is 0 Å². The summed E-state index contributed by atoms with van der Waals surface area (Å²) < 4.78 is 5.23. The molecule has 22 heavy (non-hydrogen) atoms. The van der Waals surface area contributed by atoms with Crippen LogP contribution < -0.4 is 0 Å². The van der Waals surface area contributed by atoms with E-state index in [1.165, 1.54) is 0 Å². The van der Waals surface area contributed by atoms with Gasteiger partial charge in [-0.2, -0.15) is 0 Å². The molecule has 3 rings (SSSR count). The lowest BCUT2D eigenvalue weighted by Crippen LogP contribution is -2.46. The van der Waals surface area contributed by atoms with Gasteiger partial charge in [0, 0.05) is 13.1 Å². The SMILES string of the molecule is O=C1C(=O)N(CN2CCOCC2)C(=O)N1Cc1ccccc1. The van der Waals surface area contributed by atoms with Crippen molar-refractivity contribution in [2.75, 3.05) is 33.0 Å². The van der Waals surface area contributed by atoms with Crippen LogP contribution in [0.1, 0.15) is 5.56 Å². The lowest BCUT2D eigenvalue weighted by molar-refractivity contribution is -0.144. The van der Waals surface area contributed by atoms with Gasteiger partial charge in [0.2, 0.25) is 0 Å². The molecule has 0 N–H and O–H groups in total. The molecule has 116 valence electrons. The smallest absolute Gasteiger partial charge is 0.335 e. The third-order valence-corrected chi connectivity index (χ3v) is 3.76. The van der Waals surface area contributed by atoms with Crippen LogP contribution in [0, 0.1) is 0 Å². The number of hydrogen-bond donors (Lipinski definition) is 0. The molecule has 2 saturated heterocycles. The summed E-state index contributed by atoms with van der Waals surface area (Å²) in [6.45, 7) is 2.67. The molecular formula is C15H17N3O4. The van der Waals surface area contributed by atoms with Crippen molar-refractivity contribution < 1.29 is 19.1 Å². The molecule has 2 heterocycles. The minimum Gasteiger partial charge on any atom is -0.379 e. The van der Waals surface area contributed by atoms with E-state index >= 15 is 0 Å². The van der Waals surface area contributed by atoms with Crippen molar-refractivity contribution in [1.82, 2.24) is 14.7 Å². The summed E-state index contributed by atoms with van der Waals surface area (Å²) >= 11 is 0. The van der Waals surface area contributed by atoms with Gasteiger partial charge in [-0.15, -0.1) is 0 Å². The molecule has 7 heteroatoms. The lowest BCUT2D eigenvalue weighted by atomic mass is 10.2. The zero-order valence-electron chi connectivity index (χ0n) is 12.1. The Morgan fingerprint density at radius 3 is 2.23 bits per heavy atom. The standard InChI is InChI=1S/C15H17N3O4/c19-13-14(20)18(11-16-6-8-22-9-7-16)15(21)17(13)10-12-4-2-1-3-5-12/h1-5H,6-11H2. The van der Waals surface area contributed by atoms with Gasteiger partial charge >= 0.3 is 17.8 Å². The fraction of sp³-hybridized carbons (Fsp3) is 0.400. The highest BCUT2D eigenvalue weighted by Crippen LogP contribution is 2.16. The van der Waals surface area contributed by atoms with Gasteiger partial charge in [0.1, 0.15) is 0 Å². The van der Waals surface area contributed by atoms with Crippen LogP contribution in [-0.2, 0) is 20.9 Å². The molecular weight excluding hydrogens is 286 g/mol. The monoisotopic (exact) mass is 303 g/mol. The first kappa shape index (κ1) is 14.7. The highest BCUT2D eigenvalue weighted by atomic mass is 16.5. The average molecular weight is 303 g/mol. The summed E-state index contributed by atoms with van der Waals surface area (Å²) in [5.41, 5.74) is 0.810. The van der Waals surface area contributed by atoms with Crippen molar-refractivity contribution in [3.05, 3.63) is 35.9 Å². The topological polar surface area (TPSA) is 70.2 Å². The van der Waals surface area contributed by atoms with E-state index in [1.807, 2.05) is 35.2 Å². The number of amides is 4. The highest BCUT2D eigenvalue weighted by Gasteiger charge is 2.44. The number of carbonyl (C=O) groups excluding carboxylic acids is 3. The third kappa shape index (κ3) is 2.86. The van der Waals surface area contributed by atoms with Crippen LogP contribution >= 0.6 is 0 Å². The van der Waals surface area contributed by atoms with Gasteiger partial charge in [-0.05, 0) is 5.56 Å². The Kier molecular flexibility index (Phi) is 4.17. The molecule has 0 aliphatic carbocycles. The van der Waals surface area contributed by atoms with E-state index in [-0.39, 0.29) is 13.2 Å². The largest absolute Gasteiger partial charge is 0.379 e. The highest BCUT2D eigenvalue weighted by molar-refractivity contribution is 6.44. The molecule has 2 fully saturated rings. The summed E-state index contributed by atoms with van der Waals surface area (Å²) in [4.78, 5) is 40.4. The first-order valence-electron chi connectivity index (χ1n) is 7.18. The van der Waals surface area contributed by atoms with Gasteiger partial charge in [-0.1, -0.05) is 30.3 Å².